The minimum absolute atomic E-state index is 0.0130. The highest BCUT2D eigenvalue weighted by molar-refractivity contribution is 5.79. The lowest BCUT2D eigenvalue weighted by molar-refractivity contribution is 0.293. The summed E-state index contributed by atoms with van der Waals surface area (Å²) in [5.41, 5.74) is 5.22. The van der Waals surface area contributed by atoms with Crippen LogP contribution in [0.1, 0.15) is 12.8 Å². The Morgan fingerprint density at radius 3 is 2.81 bits per heavy atom. The lowest BCUT2D eigenvalue weighted by Crippen LogP contribution is -2.13. The van der Waals surface area contributed by atoms with E-state index >= 15 is 0 Å². The van der Waals surface area contributed by atoms with Gasteiger partial charge in [0, 0.05) is 12.5 Å². The maximum Gasteiger partial charge on any atom is 0.167 e. The van der Waals surface area contributed by atoms with Gasteiger partial charge in [0.2, 0.25) is 0 Å². The molecule has 1 aromatic rings. The van der Waals surface area contributed by atoms with Gasteiger partial charge >= 0.3 is 0 Å². The van der Waals surface area contributed by atoms with Crippen LogP contribution in [0.25, 0.3) is 0 Å². The van der Waals surface area contributed by atoms with Crippen molar-refractivity contribution in [3.05, 3.63) is 29.8 Å². The van der Waals surface area contributed by atoms with Crippen LogP contribution in [0.15, 0.2) is 23.4 Å². The van der Waals surface area contributed by atoms with E-state index < -0.39 is 11.6 Å². The zero-order valence-corrected chi connectivity index (χ0v) is 8.49. The Morgan fingerprint density at radius 1 is 1.44 bits per heavy atom. The number of halogens is 2. The zero-order valence-electron chi connectivity index (χ0n) is 8.49. The van der Waals surface area contributed by atoms with Crippen molar-refractivity contribution in [2.24, 2.45) is 10.9 Å². The van der Waals surface area contributed by atoms with Gasteiger partial charge in [-0.3, -0.25) is 0 Å². The third-order valence-electron chi connectivity index (χ3n) is 1.86. The highest BCUT2D eigenvalue weighted by atomic mass is 19.1. The van der Waals surface area contributed by atoms with Gasteiger partial charge in [-0.25, -0.2) is 8.78 Å². The lowest BCUT2D eigenvalue weighted by atomic mass is 10.3. The first kappa shape index (κ1) is 12.2. The molecule has 0 saturated carbocycles. The van der Waals surface area contributed by atoms with Crippen molar-refractivity contribution in [3.8, 4) is 5.75 Å². The number of ether oxygens (including phenoxy) is 1. The smallest absolute Gasteiger partial charge is 0.167 e. The second-order valence-corrected chi connectivity index (χ2v) is 3.12. The Bertz CT molecular complexity index is 383. The molecule has 4 nitrogen and oxygen atoms in total. The maximum atomic E-state index is 13.0. The predicted octanol–water partition coefficient (Wildman–Crippen LogP) is 1.87. The minimum Gasteiger partial charge on any atom is -0.491 e. The molecule has 0 spiro atoms. The summed E-state index contributed by atoms with van der Waals surface area (Å²) in [5, 5.41) is 11.0. The number of nitrogens with two attached hydrogens (primary N) is 1. The summed E-state index contributed by atoms with van der Waals surface area (Å²) in [7, 11) is 0. The van der Waals surface area contributed by atoms with E-state index in [4.69, 9.17) is 15.7 Å². The van der Waals surface area contributed by atoms with Gasteiger partial charge in [0.25, 0.3) is 0 Å². The molecule has 0 unspecified atom stereocenters. The van der Waals surface area contributed by atoms with Crippen molar-refractivity contribution in [1.29, 1.82) is 0 Å². The molecule has 0 aliphatic heterocycles. The summed E-state index contributed by atoms with van der Waals surface area (Å²) < 4.78 is 30.6. The summed E-state index contributed by atoms with van der Waals surface area (Å²) in [6, 6.07) is 3.08. The van der Waals surface area contributed by atoms with Gasteiger partial charge in [-0.05, 0) is 18.6 Å². The standard InChI is InChI=1S/C10H12F2N2O2/c11-7-3-4-9(8(12)6-7)16-5-1-2-10(13)14-15/h3-4,6,15H,1-2,5H2,(H2,13,14). The average molecular weight is 230 g/mol. The molecule has 1 rings (SSSR count). The molecule has 0 heterocycles. The van der Waals surface area contributed by atoms with Crippen molar-refractivity contribution >= 4 is 5.84 Å². The fraction of sp³-hybridized carbons (Fsp3) is 0.300. The van der Waals surface area contributed by atoms with Gasteiger partial charge in [0.1, 0.15) is 11.7 Å². The number of nitrogens with zero attached hydrogens (tertiary/aromatic N) is 1. The molecule has 0 amide bonds. The quantitative estimate of drug-likeness (QED) is 0.267. The van der Waals surface area contributed by atoms with Gasteiger partial charge in [0.05, 0.1) is 6.61 Å². The van der Waals surface area contributed by atoms with E-state index in [1.165, 1.54) is 6.07 Å². The van der Waals surface area contributed by atoms with Gasteiger partial charge < -0.3 is 15.7 Å². The Balaban J connectivity index is 2.37. The zero-order chi connectivity index (χ0) is 12.0. The highest BCUT2D eigenvalue weighted by Gasteiger charge is 2.04. The van der Waals surface area contributed by atoms with Gasteiger partial charge in [-0.2, -0.15) is 0 Å². The molecule has 3 N–H and O–H groups in total. The van der Waals surface area contributed by atoms with Crippen molar-refractivity contribution in [2.45, 2.75) is 12.8 Å². The van der Waals surface area contributed by atoms with Crippen LogP contribution in [-0.4, -0.2) is 17.6 Å². The molecule has 0 bridgehead atoms. The first-order valence-electron chi connectivity index (χ1n) is 4.67. The Hall–Kier alpha value is -1.85. The van der Waals surface area contributed by atoms with E-state index in [1.54, 1.807) is 0 Å². The molecule has 0 atom stereocenters. The number of hydrogen-bond acceptors (Lipinski definition) is 3. The molecule has 16 heavy (non-hydrogen) atoms. The third kappa shape index (κ3) is 3.72. The fourth-order valence-electron chi connectivity index (χ4n) is 1.08. The summed E-state index contributed by atoms with van der Waals surface area (Å²) >= 11 is 0. The second kappa shape index (κ2) is 5.89. The molecule has 0 aromatic heterocycles. The van der Waals surface area contributed by atoms with Gasteiger partial charge in [0.15, 0.2) is 11.6 Å². The van der Waals surface area contributed by atoms with Crippen LogP contribution >= 0.6 is 0 Å². The van der Waals surface area contributed by atoms with Crippen LogP contribution in [0.3, 0.4) is 0 Å². The first-order valence-corrected chi connectivity index (χ1v) is 4.67. The van der Waals surface area contributed by atoms with E-state index in [1.807, 2.05) is 0 Å². The van der Waals surface area contributed by atoms with Crippen LogP contribution < -0.4 is 10.5 Å². The number of hydrogen-bond donors (Lipinski definition) is 2. The molecular formula is C10H12F2N2O2. The third-order valence-corrected chi connectivity index (χ3v) is 1.86. The van der Waals surface area contributed by atoms with Crippen LogP contribution in [0.2, 0.25) is 0 Å². The summed E-state index contributed by atoms with van der Waals surface area (Å²) in [6.07, 6.45) is 0.825. The number of oxime groups is 1. The molecule has 0 saturated heterocycles. The topological polar surface area (TPSA) is 67.8 Å². The Labute approximate surface area is 91.3 Å². The van der Waals surface area contributed by atoms with Crippen molar-refractivity contribution in [1.82, 2.24) is 0 Å². The molecule has 0 aliphatic carbocycles. The summed E-state index contributed by atoms with van der Waals surface area (Å²) in [6.45, 7) is 0.207. The Kier molecular flexibility index (Phi) is 4.50. The number of amidine groups is 1. The summed E-state index contributed by atoms with van der Waals surface area (Å²) in [5.74, 6) is -1.32. The molecule has 1 aromatic carbocycles. The van der Waals surface area contributed by atoms with Crippen molar-refractivity contribution < 1.29 is 18.7 Å². The molecule has 88 valence electrons. The highest BCUT2D eigenvalue weighted by Crippen LogP contribution is 2.17. The van der Waals surface area contributed by atoms with E-state index in [0.29, 0.717) is 12.8 Å². The average Bonchev–Trinajstić information content (AvgIpc) is 2.26. The number of rotatable bonds is 5. The maximum absolute atomic E-state index is 13.0. The monoisotopic (exact) mass is 230 g/mol. The van der Waals surface area contributed by atoms with Gasteiger partial charge in [-0.1, -0.05) is 5.16 Å². The van der Waals surface area contributed by atoms with Crippen molar-refractivity contribution in [3.63, 3.8) is 0 Å². The summed E-state index contributed by atoms with van der Waals surface area (Å²) in [4.78, 5) is 0. The van der Waals surface area contributed by atoms with Crippen LogP contribution in [0.5, 0.6) is 5.75 Å². The van der Waals surface area contributed by atoms with E-state index in [2.05, 4.69) is 5.16 Å². The number of benzene rings is 1. The molecule has 0 radical (unpaired) electrons. The first-order chi connectivity index (χ1) is 7.63. The van der Waals surface area contributed by atoms with Crippen LogP contribution in [0.4, 0.5) is 8.78 Å². The fourth-order valence-corrected chi connectivity index (χ4v) is 1.08. The van der Waals surface area contributed by atoms with Crippen LogP contribution in [-0.2, 0) is 0 Å². The van der Waals surface area contributed by atoms with Crippen molar-refractivity contribution in [2.75, 3.05) is 6.61 Å². The van der Waals surface area contributed by atoms with Gasteiger partial charge in [-0.15, -0.1) is 0 Å². The molecule has 0 aliphatic rings. The SMILES string of the molecule is N/C(CCCOc1ccc(F)cc1F)=N\O. The van der Waals surface area contributed by atoms with Crippen LogP contribution in [0, 0.1) is 11.6 Å². The normalized spacial score (nSPS) is 11.5. The molecular weight excluding hydrogens is 218 g/mol. The minimum atomic E-state index is -0.746. The molecule has 0 fully saturated rings. The van der Waals surface area contributed by atoms with E-state index in [9.17, 15) is 8.78 Å². The molecule has 6 heteroatoms. The largest absolute Gasteiger partial charge is 0.491 e. The van der Waals surface area contributed by atoms with E-state index in [0.717, 1.165) is 12.1 Å². The Morgan fingerprint density at radius 2 is 2.19 bits per heavy atom. The predicted molar refractivity (Wildman–Crippen MR) is 54.5 cm³/mol. The second-order valence-electron chi connectivity index (χ2n) is 3.12. The lowest BCUT2D eigenvalue weighted by Gasteiger charge is -2.06. The van der Waals surface area contributed by atoms with E-state index in [-0.39, 0.29) is 18.2 Å².